The molecule has 1 N–H and O–H groups in total. The Morgan fingerprint density at radius 3 is 2.60 bits per heavy atom. The second kappa shape index (κ2) is 5.83. The van der Waals surface area contributed by atoms with Crippen LogP contribution < -0.4 is 5.32 Å². The van der Waals surface area contributed by atoms with E-state index in [0.29, 0.717) is 5.69 Å². The number of rotatable bonds is 3. The lowest BCUT2D eigenvalue weighted by molar-refractivity contribution is -0.138. The smallest absolute Gasteiger partial charge is 0.380 e. The summed E-state index contributed by atoms with van der Waals surface area (Å²) >= 11 is 3.28. The maximum absolute atomic E-state index is 12.8. The van der Waals surface area contributed by atoms with E-state index in [1.165, 1.54) is 12.1 Å². The second-order valence-electron chi connectivity index (χ2n) is 4.34. The zero-order valence-electron chi connectivity index (χ0n) is 10.6. The summed E-state index contributed by atoms with van der Waals surface area (Å²) in [5, 5.41) is 2.96. The van der Waals surface area contributed by atoms with Gasteiger partial charge in [-0.05, 0) is 46.1 Å². The predicted octanol–water partition coefficient (Wildman–Crippen LogP) is 4.78. The molecule has 6 heteroatoms. The second-order valence-corrected chi connectivity index (χ2v) is 5.09. The van der Waals surface area contributed by atoms with Crippen molar-refractivity contribution >= 4 is 21.6 Å². The van der Waals surface area contributed by atoms with Crippen LogP contribution in [0.5, 0.6) is 0 Å². The number of aromatic nitrogens is 1. The van der Waals surface area contributed by atoms with Gasteiger partial charge in [0.2, 0.25) is 0 Å². The summed E-state index contributed by atoms with van der Waals surface area (Å²) in [5.41, 5.74) is 1.19. The number of alkyl halides is 3. The number of hydrogen-bond acceptors (Lipinski definition) is 2. The van der Waals surface area contributed by atoms with Crippen LogP contribution >= 0.6 is 15.9 Å². The molecule has 2 nitrogen and oxygen atoms in total. The average Bonchev–Trinajstić information content (AvgIpc) is 2.39. The molecule has 1 heterocycles. The largest absolute Gasteiger partial charge is 0.416 e. The molecule has 106 valence electrons. The number of nitrogens with one attached hydrogen (secondary N) is 1. The molecule has 20 heavy (non-hydrogen) atoms. The fraction of sp³-hybridized carbons (Fsp3) is 0.214. The third-order valence-corrected chi connectivity index (χ3v) is 3.65. The van der Waals surface area contributed by atoms with Crippen molar-refractivity contribution in [1.29, 1.82) is 0 Å². The standard InChI is InChI=1S/C14H12BrF3N2/c1-9-6-11(8-20-13(9)15)19-7-10-4-2-3-5-12(10)14(16,17)18/h2-6,8,19H,7H2,1H3. The molecule has 0 fully saturated rings. The van der Waals surface area contributed by atoms with Crippen LogP contribution in [-0.4, -0.2) is 4.98 Å². The summed E-state index contributed by atoms with van der Waals surface area (Å²) in [6, 6.07) is 7.36. The first kappa shape index (κ1) is 14.8. The third-order valence-electron chi connectivity index (χ3n) is 2.82. The van der Waals surface area contributed by atoms with Gasteiger partial charge in [0, 0.05) is 6.54 Å². The van der Waals surface area contributed by atoms with Gasteiger partial charge in [-0.3, -0.25) is 0 Å². The minimum atomic E-state index is -4.34. The fourth-order valence-electron chi connectivity index (χ4n) is 1.80. The van der Waals surface area contributed by atoms with E-state index < -0.39 is 11.7 Å². The van der Waals surface area contributed by atoms with Crippen molar-refractivity contribution in [2.75, 3.05) is 5.32 Å². The Morgan fingerprint density at radius 1 is 1.25 bits per heavy atom. The van der Waals surface area contributed by atoms with E-state index in [1.54, 1.807) is 12.3 Å². The SMILES string of the molecule is Cc1cc(NCc2ccccc2C(F)(F)F)cnc1Br. The molecular weight excluding hydrogens is 333 g/mol. The highest BCUT2D eigenvalue weighted by atomic mass is 79.9. The Kier molecular flexibility index (Phi) is 4.32. The van der Waals surface area contributed by atoms with Gasteiger partial charge < -0.3 is 5.32 Å². The first-order valence-corrected chi connectivity index (χ1v) is 6.68. The molecule has 0 bridgehead atoms. The maximum atomic E-state index is 12.8. The van der Waals surface area contributed by atoms with Crippen molar-refractivity contribution in [3.05, 3.63) is 57.8 Å². The predicted molar refractivity (Wildman–Crippen MR) is 75.4 cm³/mol. The molecule has 0 aliphatic carbocycles. The lowest BCUT2D eigenvalue weighted by Gasteiger charge is -2.14. The molecule has 0 unspecified atom stereocenters. The molecule has 1 aromatic heterocycles. The van der Waals surface area contributed by atoms with E-state index in [0.717, 1.165) is 16.2 Å². The number of hydrogen-bond donors (Lipinski definition) is 1. The number of aryl methyl sites for hydroxylation is 1. The van der Waals surface area contributed by atoms with Crippen LogP contribution in [0, 0.1) is 6.92 Å². The maximum Gasteiger partial charge on any atom is 0.416 e. The number of pyridine rings is 1. The van der Waals surface area contributed by atoms with Crippen LogP contribution in [0.1, 0.15) is 16.7 Å². The number of benzene rings is 1. The van der Waals surface area contributed by atoms with Crippen LogP contribution in [0.4, 0.5) is 18.9 Å². The van der Waals surface area contributed by atoms with Crippen molar-refractivity contribution in [2.24, 2.45) is 0 Å². The van der Waals surface area contributed by atoms with Crippen molar-refractivity contribution in [3.8, 4) is 0 Å². The Bertz CT molecular complexity index is 612. The van der Waals surface area contributed by atoms with Gasteiger partial charge in [-0.1, -0.05) is 18.2 Å². The molecule has 0 saturated carbocycles. The van der Waals surface area contributed by atoms with E-state index in [9.17, 15) is 13.2 Å². The van der Waals surface area contributed by atoms with Crippen LogP contribution in [0.25, 0.3) is 0 Å². The molecule has 0 spiro atoms. The summed E-state index contributed by atoms with van der Waals surface area (Å²) in [5.74, 6) is 0. The van der Waals surface area contributed by atoms with Crippen molar-refractivity contribution in [3.63, 3.8) is 0 Å². The van der Waals surface area contributed by atoms with E-state index in [2.05, 4.69) is 26.2 Å². The van der Waals surface area contributed by atoms with Crippen LogP contribution in [0.3, 0.4) is 0 Å². The summed E-state index contributed by atoms with van der Waals surface area (Å²) in [4.78, 5) is 4.09. The number of halogens is 4. The van der Waals surface area contributed by atoms with E-state index in [-0.39, 0.29) is 12.1 Å². The third kappa shape index (κ3) is 3.50. The Hall–Kier alpha value is -1.56. The molecule has 0 atom stereocenters. The quantitative estimate of drug-likeness (QED) is 0.810. The normalized spacial score (nSPS) is 11.4. The van der Waals surface area contributed by atoms with E-state index >= 15 is 0 Å². The molecule has 0 radical (unpaired) electrons. The summed E-state index contributed by atoms with van der Waals surface area (Å²) in [7, 11) is 0. The molecule has 0 amide bonds. The van der Waals surface area contributed by atoms with Crippen LogP contribution in [0.2, 0.25) is 0 Å². The fourth-order valence-corrected chi connectivity index (χ4v) is 2.02. The minimum absolute atomic E-state index is 0.0957. The first-order valence-electron chi connectivity index (χ1n) is 5.89. The lowest BCUT2D eigenvalue weighted by atomic mass is 10.1. The van der Waals surface area contributed by atoms with Gasteiger partial charge in [-0.15, -0.1) is 0 Å². The highest BCUT2D eigenvalue weighted by Crippen LogP contribution is 2.32. The van der Waals surface area contributed by atoms with E-state index in [1.807, 2.05) is 13.0 Å². The first-order chi connectivity index (χ1) is 9.38. The Morgan fingerprint density at radius 2 is 1.95 bits per heavy atom. The number of anilines is 1. The van der Waals surface area contributed by atoms with Crippen molar-refractivity contribution in [2.45, 2.75) is 19.6 Å². The Balaban J connectivity index is 2.17. The average molecular weight is 345 g/mol. The van der Waals surface area contributed by atoms with Crippen LogP contribution in [0.15, 0.2) is 41.1 Å². The van der Waals surface area contributed by atoms with Gasteiger partial charge >= 0.3 is 6.18 Å². The topological polar surface area (TPSA) is 24.9 Å². The van der Waals surface area contributed by atoms with Crippen LogP contribution in [-0.2, 0) is 12.7 Å². The lowest BCUT2D eigenvalue weighted by Crippen LogP contribution is -2.11. The van der Waals surface area contributed by atoms with Crippen molar-refractivity contribution < 1.29 is 13.2 Å². The van der Waals surface area contributed by atoms with Crippen molar-refractivity contribution in [1.82, 2.24) is 4.98 Å². The molecule has 0 aliphatic rings. The molecule has 1 aromatic carbocycles. The van der Waals surface area contributed by atoms with Gasteiger partial charge in [0.15, 0.2) is 0 Å². The van der Waals surface area contributed by atoms with Gasteiger partial charge in [-0.25, -0.2) is 4.98 Å². The van der Waals surface area contributed by atoms with Gasteiger partial charge in [0.05, 0.1) is 17.4 Å². The Labute approximate surface area is 123 Å². The molecule has 0 aliphatic heterocycles. The summed E-state index contributed by atoms with van der Waals surface area (Å²) < 4.78 is 39.3. The highest BCUT2D eigenvalue weighted by Gasteiger charge is 2.32. The molecular formula is C14H12BrF3N2. The van der Waals surface area contributed by atoms with E-state index in [4.69, 9.17) is 0 Å². The van der Waals surface area contributed by atoms with Gasteiger partial charge in [-0.2, -0.15) is 13.2 Å². The number of nitrogens with zero attached hydrogens (tertiary/aromatic N) is 1. The zero-order chi connectivity index (χ0) is 14.8. The summed E-state index contributed by atoms with van der Waals surface area (Å²) in [6.07, 6.45) is -2.76. The molecule has 0 saturated heterocycles. The zero-order valence-corrected chi connectivity index (χ0v) is 12.2. The minimum Gasteiger partial charge on any atom is -0.380 e. The molecule has 2 rings (SSSR count). The summed E-state index contributed by atoms with van der Waals surface area (Å²) in [6.45, 7) is 1.96. The highest BCUT2D eigenvalue weighted by molar-refractivity contribution is 9.10. The van der Waals surface area contributed by atoms with Gasteiger partial charge in [0.1, 0.15) is 4.60 Å². The monoisotopic (exact) mass is 344 g/mol. The molecule has 2 aromatic rings. The van der Waals surface area contributed by atoms with Gasteiger partial charge in [0.25, 0.3) is 0 Å².